The predicted molar refractivity (Wildman–Crippen MR) is 80.5 cm³/mol. The van der Waals surface area contributed by atoms with Crippen LogP contribution in [0.5, 0.6) is 0 Å². The summed E-state index contributed by atoms with van der Waals surface area (Å²) in [7, 11) is 0. The van der Waals surface area contributed by atoms with Gasteiger partial charge >= 0.3 is 0 Å². The SMILES string of the molecule is Cc1cc(Cc2cccc(Cl)c2Cl)c(Cl)cc1Cl. The van der Waals surface area contributed by atoms with Gasteiger partial charge in [0.2, 0.25) is 0 Å². The minimum absolute atomic E-state index is 0.552. The molecule has 0 unspecified atom stereocenters. The summed E-state index contributed by atoms with van der Waals surface area (Å²) < 4.78 is 0. The van der Waals surface area contributed by atoms with Gasteiger partial charge in [-0.15, -0.1) is 0 Å². The lowest BCUT2D eigenvalue weighted by Gasteiger charge is -2.09. The van der Waals surface area contributed by atoms with E-state index in [1.54, 1.807) is 12.1 Å². The van der Waals surface area contributed by atoms with Crippen LogP contribution >= 0.6 is 46.4 Å². The van der Waals surface area contributed by atoms with Gasteiger partial charge in [0, 0.05) is 16.5 Å². The Balaban J connectivity index is 2.40. The standard InChI is InChI=1S/C14H10Cl4/c1-8-5-10(13(17)7-12(8)16)6-9-3-2-4-11(15)14(9)18/h2-5,7H,6H2,1H3. The van der Waals surface area contributed by atoms with E-state index in [9.17, 15) is 0 Å². The minimum Gasteiger partial charge on any atom is -0.0840 e. The van der Waals surface area contributed by atoms with E-state index in [2.05, 4.69) is 0 Å². The Morgan fingerprint density at radius 1 is 0.833 bits per heavy atom. The second-order valence-electron chi connectivity index (χ2n) is 4.08. The molecule has 0 saturated heterocycles. The molecule has 0 fully saturated rings. The van der Waals surface area contributed by atoms with Crippen molar-refractivity contribution in [3.05, 3.63) is 67.1 Å². The van der Waals surface area contributed by atoms with E-state index >= 15 is 0 Å². The van der Waals surface area contributed by atoms with E-state index in [0.717, 1.165) is 16.7 Å². The van der Waals surface area contributed by atoms with Crippen LogP contribution in [0.4, 0.5) is 0 Å². The van der Waals surface area contributed by atoms with E-state index in [0.29, 0.717) is 26.5 Å². The van der Waals surface area contributed by atoms with Crippen molar-refractivity contribution in [1.29, 1.82) is 0 Å². The molecule has 0 aromatic heterocycles. The first-order valence-corrected chi connectivity index (χ1v) is 6.87. The average Bonchev–Trinajstić information content (AvgIpc) is 2.32. The lowest BCUT2D eigenvalue weighted by atomic mass is 10.0. The van der Waals surface area contributed by atoms with Crippen LogP contribution in [0.2, 0.25) is 20.1 Å². The van der Waals surface area contributed by atoms with Crippen molar-refractivity contribution in [3.8, 4) is 0 Å². The fourth-order valence-corrected chi connectivity index (χ4v) is 2.58. The Hall–Kier alpha value is -0.400. The van der Waals surface area contributed by atoms with Crippen LogP contribution in [0.15, 0.2) is 30.3 Å². The van der Waals surface area contributed by atoms with Gasteiger partial charge in [-0.1, -0.05) is 64.6 Å². The first-order chi connectivity index (χ1) is 8.49. The molecule has 0 radical (unpaired) electrons. The highest BCUT2D eigenvalue weighted by atomic mass is 35.5. The van der Waals surface area contributed by atoms with E-state index in [1.165, 1.54) is 0 Å². The van der Waals surface area contributed by atoms with Crippen LogP contribution in [0, 0.1) is 6.92 Å². The number of rotatable bonds is 2. The first kappa shape index (κ1) is 14.0. The zero-order valence-electron chi connectivity index (χ0n) is 9.61. The van der Waals surface area contributed by atoms with Crippen molar-refractivity contribution in [1.82, 2.24) is 0 Å². The fraction of sp³-hybridized carbons (Fsp3) is 0.143. The van der Waals surface area contributed by atoms with Crippen LogP contribution in [0.3, 0.4) is 0 Å². The Labute approximate surface area is 126 Å². The number of hydrogen-bond donors (Lipinski definition) is 0. The van der Waals surface area contributed by atoms with E-state index < -0.39 is 0 Å². The Morgan fingerprint density at radius 2 is 1.56 bits per heavy atom. The smallest absolute Gasteiger partial charge is 0.0627 e. The quantitative estimate of drug-likeness (QED) is 0.618. The molecule has 0 aliphatic heterocycles. The summed E-state index contributed by atoms with van der Waals surface area (Å²) in [4.78, 5) is 0. The lowest BCUT2D eigenvalue weighted by molar-refractivity contribution is 1.18. The molecule has 18 heavy (non-hydrogen) atoms. The summed E-state index contributed by atoms with van der Waals surface area (Å²) >= 11 is 24.4. The second kappa shape index (κ2) is 5.71. The van der Waals surface area contributed by atoms with Crippen molar-refractivity contribution in [2.45, 2.75) is 13.3 Å². The number of hydrogen-bond acceptors (Lipinski definition) is 0. The van der Waals surface area contributed by atoms with Crippen LogP contribution in [0.25, 0.3) is 0 Å². The maximum atomic E-state index is 6.18. The van der Waals surface area contributed by atoms with Crippen molar-refractivity contribution in [3.63, 3.8) is 0 Å². The molecule has 2 aromatic carbocycles. The van der Waals surface area contributed by atoms with Gasteiger partial charge in [0.25, 0.3) is 0 Å². The highest BCUT2D eigenvalue weighted by Crippen LogP contribution is 2.31. The molecule has 0 aliphatic carbocycles. The van der Waals surface area contributed by atoms with Crippen LogP contribution in [0.1, 0.15) is 16.7 Å². The van der Waals surface area contributed by atoms with Crippen LogP contribution < -0.4 is 0 Å². The molecule has 0 aliphatic rings. The van der Waals surface area contributed by atoms with Crippen LogP contribution in [-0.2, 0) is 6.42 Å². The maximum absolute atomic E-state index is 6.18. The van der Waals surface area contributed by atoms with Gasteiger partial charge in [-0.2, -0.15) is 0 Å². The number of benzene rings is 2. The molecule has 0 atom stereocenters. The normalized spacial score (nSPS) is 10.7. The zero-order valence-corrected chi connectivity index (χ0v) is 12.6. The number of halogens is 4. The third-order valence-corrected chi connectivity index (χ3v) is 4.36. The minimum atomic E-state index is 0.552. The van der Waals surface area contributed by atoms with Gasteiger partial charge in [0.15, 0.2) is 0 Å². The molecule has 0 N–H and O–H groups in total. The Morgan fingerprint density at radius 3 is 2.28 bits per heavy atom. The van der Waals surface area contributed by atoms with Crippen molar-refractivity contribution >= 4 is 46.4 Å². The average molecular weight is 320 g/mol. The van der Waals surface area contributed by atoms with Gasteiger partial charge in [-0.25, -0.2) is 0 Å². The summed E-state index contributed by atoms with van der Waals surface area (Å²) in [6, 6.07) is 9.31. The summed E-state index contributed by atoms with van der Waals surface area (Å²) in [6.07, 6.45) is 0.635. The molecule has 0 bridgehead atoms. The molecule has 2 aromatic rings. The highest BCUT2D eigenvalue weighted by Gasteiger charge is 2.09. The monoisotopic (exact) mass is 318 g/mol. The lowest BCUT2D eigenvalue weighted by Crippen LogP contribution is -1.92. The van der Waals surface area contributed by atoms with Crippen molar-refractivity contribution < 1.29 is 0 Å². The third-order valence-electron chi connectivity index (χ3n) is 2.74. The molecule has 0 saturated carbocycles. The van der Waals surface area contributed by atoms with Gasteiger partial charge in [-0.05, 0) is 35.7 Å². The molecule has 94 valence electrons. The summed E-state index contributed by atoms with van der Waals surface area (Å²) in [5.74, 6) is 0. The number of aryl methyl sites for hydroxylation is 1. The van der Waals surface area contributed by atoms with Crippen molar-refractivity contribution in [2.24, 2.45) is 0 Å². The van der Waals surface area contributed by atoms with Gasteiger partial charge in [0.1, 0.15) is 0 Å². The zero-order chi connectivity index (χ0) is 13.3. The molecule has 0 amide bonds. The van der Waals surface area contributed by atoms with Gasteiger partial charge < -0.3 is 0 Å². The highest BCUT2D eigenvalue weighted by molar-refractivity contribution is 6.42. The summed E-state index contributed by atoms with van der Waals surface area (Å²) in [5, 5.41) is 2.43. The Bertz CT molecular complexity index is 591. The largest absolute Gasteiger partial charge is 0.0840 e. The molecular weight excluding hydrogens is 310 g/mol. The molecule has 0 nitrogen and oxygen atoms in total. The topological polar surface area (TPSA) is 0 Å². The Kier molecular flexibility index (Phi) is 4.45. The molecule has 0 spiro atoms. The summed E-state index contributed by atoms with van der Waals surface area (Å²) in [6.45, 7) is 1.95. The van der Waals surface area contributed by atoms with Crippen LogP contribution in [-0.4, -0.2) is 0 Å². The molecule has 2 rings (SSSR count). The predicted octanol–water partition coefficient (Wildman–Crippen LogP) is 6.20. The van der Waals surface area contributed by atoms with Crippen molar-refractivity contribution in [2.75, 3.05) is 0 Å². The molecular formula is C14H10Cl4. The first-order valence-electron chi connectivity index (χ1n) is 5.36. The maximum Gasteiger partial charge on any atom is 0.0627 e. The summed E-state index contributed by atoms with van der Waals surface area (Å²) in [5.41, 5.74) is 2.93. The fourth-order valence-electron chi connectivity index (χ4n) is 1.74. The van der Waals surface area contributed by atoms with Gasteiger partial charge in [0.05, 0.1) is 10.0 Å². The van der Waals surface area contributed by atoms with Gasteiger partial charge in [-0.3, -0.25) is 0 Å². The second-order valence-corrected chi connectivity index (χ2v) is 5.68. The molecule has 0 heterocycles. The van der Waals surface area contributed by atoms with E-state index in [4.69, 9.17) is 46.4 Å². The van der Waals surface area contributed by atoms with E-state index in [-0.39, 0.29) is 0 Å². The molecule has 4 heteroatoms. The third kappa shape index (κ3) is 2.95. The van der Waals surface area contributed by atoms with E-state index in [1.807, 2.05) is 25.1 Å².